The zero-order valence-corrected chi connectivity index (χ0v) is 17.2. The summed E-state index contributed by atoms with van der Waals surface area (Å²) in [6, 6.07) is 5.44. The molecule has 154 valence electrons. The minimum absolute atomic E-state index is 0.0833. The first kappa shape index (κ1) is 18.7. The molecule has 2 aromatic rings. The van der Waals surface area contributed by atoms with E-state index in [9.17, 15) is 4.79 Å². The van der Waals surface area contributed by atoms with Gasteiger partial charge in [0.15, 0.2) is 6.10 Å². The second kappa shape index (κ2) is 7.20. The zero-order chi connectivity index (χ0) is 20.0. The summed E-state index contributed by atoms with van der Waals surface area (Å²) in [5.41, 5.74) is 1.64. The highest BCUT2D eigenvalue weighted by atomic mass is 35.5. The third-order valence-corrected chi connectivity index (χ3v) is 6.72. The van der Waals surface area contributed by atoms with E-state index in [1.807, 2.05) is 30.0 Å². The molecule has 1 saturated carbocycles. The number of benzene rings is 1. The Labute approximate surface area is 174 Å². The first-order valence-electron chi connectivity index (χ1n) is 10.4. The average molecular weight is 417 g/mol. The topological polar surface area (TPSA) is 80.5 Å². The van der Waals surface area contributed by atoms with E-state index in [2.05, 4.69) is 15.5 Å². The number of hydrogen-bond donors (Lipinski definition) is 1. The van der Waals surface area contributed by atoms with E-state index >= 15 is 0 Å². The van der Waals surface area contributed by atoms with Crippen LogP contribution in [0.25, 0.3) is 0 Å². The van der Waals surface area contributed by atoms with Crippen molar-refractivity contribution >= 4 is 23.5 Å². The fourth-order valence-corrected chi connectivity index (χ4v) is 4.55. The number of likely N-dealkylation sites (tertiary alicyclic amines) is 1. The van der Waals surface area contributed by atoms with Crippen molar-refractivity contribution < 1.29 is 13.9 Å². The van der Waals surface area contributed by atoms with E-state index < -0.39 is 6.04 Å². The van der Waals surface area contributed by atoms with Crippen LogP contribution in [-0.2, 0) is 11.2 Å². The molecule has 3 aliphatic rings. The van der Waals surface area contributed by atoms with Crippen LogP contribution in [0.15, 0.2) is 22.6 Å². The van der Waals surface area contributed by atoms with Crippen molar-refractivity contribution in [1.82, 2.24) is 15.1 Å². The Balaban J connectivity index is 1.19. The smallest absolute Gasteiger partial charge is 0.316 e. The van der Waals surface area contributed by atoms with Gasteiger partial charge in [-0.25, -0.2) is 0 Å². The third kappa shape index (κ3) is 3.80. The average Bonchev–Trinajstić information content (AvgIpc) is 3.31. The summed E-state index contributed by atoms with van der Waals surface area (Å²) in [5.74, 6) is 1.29. The van der Waals surface area contributed by atoms with Crippen molar-refractivity contribution in [2.24, 2.45) is 5.41 Å². The van der Waals surface area contributed by atoms with Gasteiger partial charge >= 0.3 is 6.01 Å². The molecule has 1 N–H and O–H groups in total. The maximum Gasteiger partial charge on any atom is 0.316 e. The Bertz CT molecular complexity index is 916. The molecule has 1 aromatic heterocycles. The predicted molar refractivity (Wildman–Crippen MR) is 108 cm³/mol. The lowest BCUT2D eigenvalue weighted by atomic mass is 9.93. The first-order valence-corrected chi connectivity index (χ1v) is 10.7. The lowest BCUT2D eigenvalue weighted by Crippen LogP contribution is -2.45. The summed E-state index contributed by atoms with van der Waals surface area (Å²) in [6.07, 6.45) is 6.18. The predicted octanol–water partition coefficient (Wildman–Crippen LogP) is 3.99. The molecule has 0 unspecified atom stereocenters. The first-order chi connectivity index (χ1) is 14.0. The number of rotatable bonds is 4. The molecule has 2 aliphatic heterocycles. The van der Waals surface area contributed by atoms with Gasteiger partial charge in [0.25, 0.3) is 5.89 Å². The number of carbonyl (C=O) groups is 1. The Morgan fingerprint density at radius 3 is 2.83 bits per heavy atom. The van der Waals surface area contributed by atoms with Crippen molar-refractivity contribution in [2.45, 2.75) is 57.6 Å². The summed E-state index contributed by atoms with van der Waals surface area (Å²) >= 11 is 6.04. The van der Waals surface area contributed by atoms with Crippen LogP contribution in [0.2, 0.25) is 5.02 Å². The highest BCUT2D eigenvalue weighted by Crippen LogP contribution is 2.53. The minimum atomic E-state index is -0.410. The molecule has 3 heterocycles. The molecular weight excluding hydrogens is 392 g/mol. The van der Waals surface area contributed by atoms with Gasteiger partial charge in [-0.05, 0) is 74.6 Å². The summed E-state index contributed by atoms with van der Waals surface area (Å²) < 4.78 is 11.8. The van der Waals surface area contributed by atoms with Gasteiger partial charge in [-0.15, -0.1) is 5.10 Å². The number of ether oxygens (including phenoxy) is 1. The number of aryl methyl sites for hydroxylation is 1. The van der Waals surface area contributed by atoms with E-state index in [1.54, 1.807) is 0 Å². The SMILES string of the molecule is C[C@H](Nc1nnc([C@@H]2CCc3cc(Cl)ccc3O2)o1)C(=O)N1CCC2(CC1)CC2. The van der Waals surface area contributed by atoms with Gasteiger partial charge in [-0.1, -0.05) is 16.7 Å². The quantitative estimate of drug-likeness (QED) is 0.811. The van der Waals surface area contributed by atoms with Crippen LogP contribution in [-0.4, -0.2) is 40.1 Å². The standard InChI is InChI=1S/C21H25ClN4O3/c1-13(19(27)26-10-8-21(6-7-21)9-11-26)23-20-25-24-18(29-20)17-4-2-14-12-15(22)3-5-16(14)28-17/h3,5,12-13,17H,2,4,6-11H2,1H3,(H,23,25)/t13-,17-/m0/s1. The summed E-state index contributed by atoms with van der Waals surface area (Å²) in [5, 5.41) is 12.0. The van der Waals surface area contributed by atoms with Crippen LogP contribution in [0.4, 0.5) is 6.01 Å². The van der Waals surface area contributed by atoms with Crippen molar-refractivity contribution in [3.63, 3.8) is 0 Å². The molecule has 1 aliphatic carbocycles. The van der Waals surface area contributed by atoms with E-state index in [-0.39, 0.29) is 18.0 Å². The maximum atomic E-state index is 12.7. The number of nitrogens with one attached hydrogen (secondary N) is 1. The summed E-state index contributed by atoms with van der Waals surface area (Å²) in [7, 11) is 0. The van der Waals surface area contributed by atoms with Crippen molar-refractivity contribution in [1.29, 1.82) is 0 Å². The second-order valence-electron chi connectivity index (χ2n) is 8.53. The monoisotopic (exact) mass is 416 g/mol. The second-order valence-corrected chi connectivity index (χ2v) is 8.97. The lowest BCUT2D eigenvalue weighted by molar-refractivity contribution is -0.133. The van der Waals surface area contributed by atoms with E-state index in [4.69, 9.17) is 20.8 Å². The largest absolute Gasteiger partial charge is 0.480 e. The van der Waals surface area contributed by atoms with Crippen molar-refractivity contribution in [3.8, 4) is 5.75 Å². The highest BCUT2D eigenvalue weighted by Gasteiger charge is 2.45. The summed E-state index contributed by atoms with van der Waals surface area (Å²) in [4.78, 5) is 14.7. The van der Waals surface area contributed by atoms with Crippen LogP contribution in [0, 0.1) is 5.41 Å². The molecule has 29 heavy (non-hydrogen) atoms. The molecule has 2 fully saturated rings. The third-order valence-electron chi connectivity index (χ3n) is 6.49. The fourth-order valence-electron chi connectivity index (χ4n) is 4.35. The Hall–Kier alpha value is -2.28. The van der Waals surface area contributed by atoms with E-state index in [1.165, 1.54) is 12.8 Å². The number of nitrogens with zero attached hydrogens (tertiary/aromatic N) is 3. The van der Waals surface area contributed by atoms with Gasteiger partial charge in [0.1, 0.15) is 11.8 Å². The number of aromatic nitrogens is 2. The molecule has 1 amide bonds. The number of anilines is 1. The molecule has 8 heteroatoms. The summed E-state index contributed by atoms with van der Waals surface area (Å²) in [6.45, 7) is 3.53. The van der Waals surface area contributed by atoms with Gasteiger partial charge in [0.2, 0.25) is 5.91 Å². The van der Waals surface area contributed by atoms with Gasteiger partial charge in [0.05, 0.1) is 0 Å². The van der Waals surface area contributed by atoms with Crippen molar-refractivity contribution in [2.75, 3.05) is 18.4 Å². The molecule has 7 nitrogen and oxygen atoms in total. The maximum absolute atomic E-state index is 12.7. The van der Waals surface area contributed by atoms with Gasteiger partial charge in [-0.3, -0.25) is 4.79 Å². The molecule has 5 rings (SSSR count). The van der Waals surface area contributed by atoms with Crippen molar-refractivity contribution in [3.05, 3.63) is 34.7 Å². The Morgan fingerprint density at radius 2 is 2.07 bits per heavy atom. The number of carbonyl (C=O) groups excluding carboxylic acids is 1. The number of amides is 1. The van der Waals surface area contributed by atoms with Gasteiger partial charge < -0.3 is 19.4 Å². The van der Waals surface area contributed by atoms with Crippen LogP contribution < -0.4 is 10.1 Å². The molecule has 2 atom stereocenters. The highest BCUT2D eigenvalue weighted by molar-refractivity contribution is 6.30. The minimum Gasteiger partial charge on any atom is -0.480 e. The van der Waals surface area contributed by atoms with Crippen LogP contribution in [0.5, 0.6) is 5.75 Å². The molecule has 0 bridgehead atoms. The fraction of sp³-hybridized carbons (Fsp3) is 0.571. The van der Waals surface area contributed by atoms with Crippen LogP contribution >= 0.6 is 11.6 Å². The Kier molecular flexibility index (Phi) is 4.65. The number of halogens is 1. The number of hydrogen-bond acceptors (Lipinski definition) is 6. The molecule has 1 saturated heterocycles. The number of fused-ring (bicyclic) bond motifs is 1. The zero-order valence-electron chi connectivity index (χ0n) is 16.5. The molecule has 1 spiro atoms. The molecule has 1 aromatic carbocycles. The van der Waals surface area contributed by atoms with Gasteiger partial charge in [-0.2, -0.15) is 0 Å². The van der Waals surface area contributed by atoms with Crippen LogP contribution in [0.1, 0.15) is 56.6 Å². The molecular formula is C21H25ClN4O3. The van der Waals surface area contributed by atoms with E-state index in [0.29, 0.717) is 16.3 Å². The molecule has 0 radical (unpaired) electrons. The lowest BCUT2D eigenvalue weighted by Gasteiger charge is -2.33. The Morgan fingerprint density at radius 1 is 1.28 bits per heavy atom. The number of piperidine rings is 1. The van der Waals surface area contributed by atoms with E-state index in [0.717, 1.165) is 50.1 Å². The van der Waals surface area contributed by atoms with Crippen LogP contribution in [0.3, 0.4) is 0 Å². The normalized spacial score (nSPS) is 23.2. The van der Waals surface area contributed by atoms with Gasteiger partial charge in [0, 0.05) is 18.1 Å².